The van der Waals surface area contributed by atoms with Gasteiger partial charge in [0.2, 0.25) is 10.8 Å². The van der Waals surface area contributed by atoms with Crippen molar-refractivity contribution in [2.24, 2.45) is 0 Å². The maximum absolute atomic E-state index is 12.6. The van der Waals surface area contributed by atoms with Gasteiger partial charge in [0.05, 0.1) is 21.9 Å². The summed E-state index contributed by atoms with van der Waals surface area (Å²) in [6.07, 6.45) is 3.17. The second kappa shape index (κ2) is 6.63. The molecule has 0 aliphatic rings. The first-order valence-electron chi connectivity index (χ1n) is 8.09. The van der Waals surface area contributed by atoms with Gasteiger partial charge in [-0.2, -0.15) is 9.50 Å². The molecular formula is C19H9Cl2N3O3S. The number of furan rings is 2. The van der Waals surface area contributed by atoms with Crippen molar-refractivity contribution in [1.82, 2.24) is 14.6 Å². The molecule has 0 amide bonds. The van der Waals surface area contributed by atoms with Crippen LogP contribution in [-0.2, 0) is 0 Å². The van der Waals surface area contributed by atoms with E-state index in [0.29, 0.717) is 48.2 Å². The predicted octanol–water partition coefficient (Wildman–Crippen LogP) is 4.53. The van der Waals surface area contributed by atoms with Crippen molar-refractivity contribution in [3.63, 3.8) is 0 Å². The van der Waals surface area contributed by atoms with Crippen molar-refractivity contribution in [2.45, 2.75) is 0 Å². The van der Waals surface area contributed by atoms with Crippen LogP contribution in [0.2, 0.25) is 10.0 Å². The molecule has 4 heterocycles. The number of benzene rings is 1. The number of rotatable bonds is 3. The summed E-state index contributed by atoms with van der Waals surface area (Å²) in [4.78, 5) is 17.4. The van der Waals surface area contributed by atoms with E-state index in [-0.39, 0.29) is 5.56 Å². The first-order chi connectivity index (χ1) is 13.6. The molecule has 28 heavy (non-hydrogen) atoms. The minimum absolute atomic E-state index is 0.279. The highest BCUT2D eigenvalue weighted by atomic mass is 35.5. The molecule has 0 radical (unpaired) electrons. The number of aromatic nitrogens is 3. The topological polar surface area (TPSA) is 73.5 Å². The Morgan fingerprint density at radius 2 is 1.86 bits per heavy atom. The molecule has 5 rings (SSSR count). The largest absolute Gasteiger partial charge is 0.461 e. The predicted molar refractivity (Wildman–Crippen MR) is 108 cm³/mol. The fraction of sp³-hybridized carbons (Fsp3) is 0. The van der Waals surface area contributed by atoms with Gasteiger partial charge in [-0.1, -0.05) is 40.6 Å². The summed E-state index contributed by atoms with van der Waals surface area (Å²) in [5.74, 6) is 1.90. The van der Waals surface area contributed by atoms with Crippen molar-refractivity contribution < 1.29 is 8.83 Å². The third-order valence-electron chi connectivity index (χ3n) is 4.03. The van der Waals surface area contributed by atoms with Gasteiger partial charge in [-0.15, -0.1) is 5.10 Å². The molecule has 4 aromatic heterocycles. The van der Waals surface area contributed by atoms with Crippen LogP contribution in [-0.4, -0.2) is 14.6 Å². The normalized spacial score (nSPS) is 12.3. The molecule has 0 fully saturated rings. The van der Waals surface area contributed by atoms with Crippen LogP contribution in [0.4, 0.5) is 0 Å². The maximum atomic E-state index is 12.6. The van der Waals surface area contributed by atoms with Crippen molar-refractivity contribution in [2.75, 3.05) is 0 Å². The Labute approximate surface area is 171 Å². The van der Waals surface area contributed by atoms with E-state index in [0.717, 1.165) is 0 Å². The Morgan fingerprint density at radius 3 is 2.57 bits per heavy atom. The van der Waals surface area contributed by atoms with E-state index in [4.69, 9.17) is 32.0 Å². The Balaban J connectivity index is 1.56. The Kier molecular flexibility index (Phi) is 4.08. The lowest BCUT2D eigenvalue weighted by Gasteiger charge is -2.02. The van der Waals surface area contributed by atoms with E-state index in [2.05, 4.69) is 10.1 Å². The van der Waals surface area contributed by atoms with E-state index in [1.807, 2.05) is 0 Å². The fourth-order valence-corrected chi connectivity index (χ4v) is 4.24. The highest BCUT2D eigenvalue weighted by Gasteiger charge is 2.15. The monoisotopic (exact) mass is 429 g/mol. The van der Waals surface area contributed by atoms with Crippen molar-refractivity contribution >= 4 is 45.6 Å². The van der Waals surface area contributed by atoms with Crippen LogP contribution in [0.3, 0.4) is 0 Å². The van der Waals surface area contributed by atoms with E-state index >= 15 is 0 Å². The quantitative estimate of drug-likeness (QED) is 0.421. The zero-order chi connectivity index (χ0) is 19.3. The molecule has 0 unspecified atom stereocenters. The number of nitrogens with zero attached hydrogens (tertiary/aromatic N) is 3. The van der Waals surface area contributed by atoms with Gasteiger partial charge in [0, 0.05) is 6.08 Å². The summed E-state index contributed by atoms with van der Waals surface area (Å²) >= 11 is 13.7. The Bertz CT molecular complexity index is 1400. The zero-order valence-corrected chi connectivity index (χ0v) is 16.3. The highest BCUT2D eigenvalue weighted by Crippen LogP contribution is 2.35. The first-order valence-corrected chi connectivity index (χ1v) is 9.67. The first kappa shape index (κ1) is 17.2. The summed E-state index contributed by atoms with van der Waals surface area (Å²) < 4.78 is 12.8. The number of thiazole rings is 1. The fourth-order valence-electron chi connectivity index (χ4n) is 2.77. The summed E-state index contributed by atoms with van der Waals surface area (Å²) in [5, 5.41) is 5.19. The maximum Gasteiger partial charge on any atom is 0.291 e. The number of fused-ring (bicyclic) bond motifs is 1. The second-order valence-electron chi connectivity index (χ2n) is 5.82. The molecule has 0 saturated heterocycles. The summed E-state index contributed by atoms with van der Waals surface area (Å²) in [6.45, 7) is 0. The lowest BCUT2D eigenvalue weighted by atomic mass is 10.2. The highest BCUT2D eigenvalue weighted by molar-refractivity contribution is 7.15. The van der Waals surface area contributed by atoms with Gasteiger partial charge < -0.3 is 8.83 Å². The molecule has 0 aliphatic carbocycles. The van der Waals surface area contributed by atoms with Crippen LogP contribution < -0.4 is 10.1 Å². The molecule has 0 bridgehead atoms. The van der Waals surface area contributed by atoms with Crippen LogP contribution in [0.25, 0.3) is 33.9 Å². The summed E-state index contributed by atoms with van der Waals surface area (Å²) in [5.41, 5.74) is 0.331. The van der Waals surface area contributed by atoms with E-state index in [1.54, 1.807) is 48.5 Å². The van der Waals surface area contributed by atoms with Crippen molar-refractivity contribution in [3.8, 4) is 22.9 Å². The van der Waals surface area contributed by atoms with Gasteiger partial charge >= 0.3 is 0 Å². The molecular weight excluding hydrogens is 421 g/mol. The number of halogens is 2. The molecule has 0 N–H and O–H groups in total. The standard InChI is InChI=1S/C19H9Cl2N3O3S/c20-11-3-1-4-12(21)16(11)13-7-6-10(27-13)9-15-18(25)24-19(28-15)22-17(23-24)14-5-2-8-26-14/h1-9H/b15-9-. The Hall–Kier alpha value is -2.87. The molecule has 138 valence electrons. The number of hydrogen-bond acceptors (Lipinski definition) is 6. The van der Waals surface area contributed by atoms with Gasteiger partial charge in [0.1, 0.15) is 16.1 Å². The lowest BCUT2D eigenvalue weighted by molar-refractivity contribution is 0.571. The van der Waals surface area contributed by atoms with E-state index in [1.165, 1.54) is 22.1 Å². The average Bonchev–Trinajstić information content (AvgIpc) is 3.43. The minimum atomic E-state index is -0.279. The SMILES string of the molecule is O=c1/c(=C/c2ccc(-c3c(Cl)cccc3Cl)o2)sc2nc(-c3ccco3)nn12. The van der Waals surface area contributed by atoms with E-state index in [9.17, 15) is 4.79 Å². The molecule has 5 aromatic rings. The molecule has 0 aliphatic heterocycles. The zero-order valence-electron chi connectivity index (χ0n) is 13.9. The average molecular weight is 430 g/mol. The molecule has 0 saturated carbocycles. The van der Waals surface area contributed by atoms with Gasteiger partial charge in [-0.3, -0.25) is 4.79 Å². The van der Waals surface area contributed by atoms with Crippen molar-refractivity contribution in [3.05, 3.63) is 79.4 Å². The van der Waals surface area contributed by atoms with Gasteiger partial charge in [0.25, 0.3) is 5.56 Å². The van der Waals surface area contributed by atoms with Crippen molar-refractivity contribution in [1.29, 1.82) is 0 Å². The van der Waals surface area contributed by atoms with Crippen LogP contribution in [0.5, 0.6) is 0 Å². The second-order valence-corrected chi connectivity index (χ2v) is 7.65. The summed E-state index contributed by atoms with van der Waals surface area (Å²) in [7, 11) is 0. The van der Waals surface area contributed by atoms with Crippen LogP contribution >= 0.6 is 34.5 Å². The number of hydrogen-bond donors (Lipinski definition) is 0. The lowest BCUT2D eigenvalue weighted by Crippen LogP contribution is -2.23. The summed E-state index contributed by atoms with van der Waals surface area (Å²) in [6, 6.07) is 12.2. The molecule has 1 aromatic carbocycles. The van der Waals surface area contributed by atoms with Gasteiger partial charge in [-0.05, 0) is 36.4 Å². The minimum Gasteiger partial charge on any atom is -0.461 e. The van der Waals surface area contributed by atoms with Gasteiger partial charge in [0.15, 0.2) is 5.76 Å². The molecule has 0 spiro atoms. The van der Waals surface area contributed by atoms with E-state index < -0.39 is 0 Å². The smallest absolute Gasteiger partial charge is 0.291 e. The molecule has 6 nitrogen and oxygen atoms in total. The molecule has 0 atom stereocenters. The Morgan fingerprint density at radius 1 is 1.04 bits per heavy atom. The van der Waals surface area contributed by atoms with Crippen LogP contribution in [0, 0.1) is 0 Å². The third-order valence-corrected chi connectivity index (χ3v) is 5.62. The van der Waals surface area contributed by atoms with Crippen LogP contribution in [0.1, 0.15) is 5.76 Å². The van der Waals surface area contributed by atoms with Gasteiger partial charge in [-0.25, -0.2) is 0 Å². The third kappa shape index (κ3) is 2.84. The molecule has 9 heteroatoms. The van der Waals surface area contributed by atoms with Crippen LogP contribution in [0.15, 0.2) is 62.4 Å².